The van der Waals surface area contributed by atoms with Gasteiger partial charge in [-0.1, -0.05) is 31.9 Å². The lowest BCUT2D eigenvalue weighted by atomic mass is 10.3. The van der Waals surface area contributed by atoms with E-state index in [1.165, 1.54) is 4.68 Å². The highest BCUT2D eigenvalue weighted by atomic mass is 35.5. The predicted molar refractivity (Wildman–Crippen MR) is 85.1 cm³/mol. The van der Waals surface area contributed by atoms with Gasteiger partial charge in [-0.25, -0.2) is 4.68 Å². The minimum Gasteiger partial charge on any atom is -0.382 e. The van der Waals surface area contributed by atoms with E-state index >= 15 is 0 Å². The van der Waals surface area contributed by atoms with Gasteiger partial charge in [-0.2, -0.15) is 5.10 Å². The van der Waals surface area contributed by atoms with Gasteiger partial charge in [0.2, 0.25) is 0 Å². The van der Waals surface area contributed by atoms with Gasteiger partial charge in [0.15, 0.2) is 0 Å². The van der Waals surface area contributed by atoms with Gasteiger partial charge in [-0.3, -0.25) is 9.00 Å². The molecule has 0 radical (unpaired) electrons. The van der Waals surface area contributed by atoms with Crippen LogP contribution in [0.3, 0.4) is 0 Å². The number of nitrogens with one attached hydrogen (secondary N) is 1. The first-order chi connectivity index (χ1) is 9.47. The molecule has 0 saturated carbocycles. The quantitative estimate of drug-likeness (QED) is 0.798. The first-order valence-corrected chi connectivity index (χ1v) is 8.79. The van der Waals surface area contributed by atoms with Gasteiger partial charge in [0.05, 0.1) is 11.9 Å². The molecule has 5 nitrogen and oxygen atoms in total. The Morgan fingerprint density at radius 2 is 2.25 bits per heavy atom. The van der Waals surface area contributed by atoms with Crippen molar-refractivity contribution in [2.75, 3.05) is 18.1 Å². The molecule has 0 saturated heterocycles. The van der Waals surface area contributed by atoms with Crippen molar-refractivity contribution >= 4 is 28.1 Å². The molecule has 0 aliphatic rings. The summed E-state index contributed by atoms with van der Waals surface area (Å²) in [5, 5.41) is 7.47. The summed E-state index contributed by atoms with van der Waals surface area (Å²) in [5.41, 5.74) is 0.274. The summed E-state index contributed by atoms with van der Waals surface area (Å²) in [6, 6.07) is 0. The van der Waals surface area contributed by atoms with E-state index < -0.39 is 10.8 Å². The number of unbranched alkanes of at least 4 members (excludes halogenated alkanes) is 1. The molecule has 114 valence electrons. The molecule has 1 rings (SSSR count). The van der Waals surface area contributed by atoms with Crippen LogP contribution >= 0.6 is 11.6 Å². The van der Waals surface area contributed by atoms with E-state index in [1.807, 2.05) is 6.92 Å². The summed E-state index contributed by atoms with van der Waals surface area (Å²) in [6.07, 6.45) is 5.91. The van der Waals surface area contributed by atoms with Gasteiger partial charge in [-0.05, 0) is 12.8 Å². The van der Waals surface area contributed by atoms with Gasteiger partial charge in [0, 0.05) is 35.4 Å². The highest BCUT2D eigenvalue weighted by Crippen LogP contribution is 2.15. The molecule has 1 aromatic rings. The predicted octanol–water partition coefficient (Wildman–Crippen LogP) is 2.27. The third kappa shape index (κ3) is 4.90. The molecule has 1 aromatic heterocycles. The minimum absolute atomic E-state index is 0.110. The van der Waals surface area contributed by atoms with Crippen LogP contribution in [-0.2, 0) is 17.3 Å². The van der Waals surface area contributed by atoms with Crippen LogP contribution in [-0.4, -0.2) is 32.0 Å². The number of rotatable bonds is 8. The lowest BCUT2D eigenvalue weighted by Gasteiger charge is -2.12. The Kier molecular flexibility index (Phi) is 7.23. The standard InChI is InChI=1S/C13H22ClN3O2S/c1-4-5-8-17-13(18)12(14)11(9-16-17)15-7-6-10(2)20(3)19/h9-10,15H,4-8H2,1-3H3. The van der Waals surface area contributed by atoms with Gasteiger partial charge in [0.25, 0.3) is 5.56 Å². The lowest BCUT2D eigenvalue weighted by molar-refractivity contribution is 0.543. The molecule has 0 amide bonds. The Balaban J connectivity index is 2.66. The summed E-state index contributed by atoms with van der Waals surface area (Å²) in [5.74, 6) is 0. The molecule has 2 unspecified atom stereocenters. The molecule has 7 heteroatoms. The largest absolute Gasteiger partial charge is 0.382 e. The fourth-order valence-electron chi connectivity index (χ4n) is 1.63. The van der Waals surface area contributed by atoms with Gasteiger partial charge in [-0.15, -0.1) is 0 Å². The molecule has 1 N–H and O–H groups in total. The smallest absolute Gasteiger partial charge is 0.287 e. The third-order valence-electron chi connectivity index (χ3n) is 3.14. The summed E-state index contributed by atoms with van der Waals surface area (Å²) in [7, 11) is -0.840. The fourth-order valence-corrected chi connectivity index (χ4v) is 2.29. The van der Waals surface area contributed by atoms with Gasteiger partial charge < -0.3 is 5.32 Å². The number of hydrogen-bond donors (Lipinski definition) is 1. The maximum atomic E-state index is 12.0. The van der Waals surface area contributed by atoms with Crippen molar-refractivity contribution in [3.05, 3.63) is 21.6 Å². The lowest BCUT2D eigenvalue weighted by Crippen LogP contribution is -2.25. The van der Waals surface area contributed by atoms with Crippen LogP contribution in [0.4, 0.5) is 5.69 Å². The van der Waals surface area contributed by atoms with E-state index in [1.54, 1.807) is 12.5 Å². The van der Waals surface area contributed by atoms with Crippen LogP contribution in [0.25, 0.3) is 0 Å². The fraction of sp³-hybridized carbons (Fsp3) is 0.692. The molecular weight excluding hydrogens is 298 g/mol. The molecule has 0 aliphatic heterocycles. The Morgan fingerprint density at radius 1 is 1.55 bits per heavy atom. The van der Waals surface area contributed by atoms with Gasteiger partial charge >= 0.3 is 0 Å². The summed E-state index contributed by atoms with van der Waals surface area (Å²) in [4.78, 5) is 12.0. The van der Waals surface area contributed by atoms with Crippen molar-refractivity contribution in [1.82, 2.24) is 9.78 Å². The van der Waals surface area contributed by atoms with Gasteiger partial charge in [0.1, 0.15) is 5.02 Å². The molecule has 1 heterocycles. The van der Waals surface area contributed by atoms with Crippen molar-refractivity contribution in [2.45, 2.75) is 44.9 Å². The highest BCUT2D eigenvalue weighted by molar-refractivity contribution is 7.84. The van der Waals surface area contributed by atoms with Crippen LogP contribution < -0.4 is 10.9 Å². The van der Waals surface area contributed by atoms with E-state index in [9.17, 15) is 9.00 Å². The number of anilines is 1. The number of halogens is 1. The Hall–Kier alpha value is -0.880. The van der Waals surface area contributed by atoms with Crippen molar-refractivity contribution in [2.24, 2.45) is 0 Å². The highest BCUT2D eigenvalue weighted by Gasteiger charge is 2.10. The Labute approximate surface area is 127 Å². The molecule has 0 aliphatic carbocycles. The Morgan fingerprint density at radius 3 is 2.85 bits per heavy atom. The van der Waals surface area contributed by atoms with E-state index in [-0.39, 0.29) is 15.8 Å². The van der Waals surface area contributed by atoms with Crippen LogP contribution in [0.15, 0.2) is 11.0 Å². The molecule has 0 bridgehead atoms. The van der Waals surface area contributed by atoms with Crippen molar-refractivity contribution in [3.8, 4) is 0 Å². The van der Waals surface area contributed by atoms with Crippen molar-refractivity contribution in [1.29, 1.82) is 0 Å². The summed E-state index contributed by atoms with van der Waals surface area (Å²) < 4.78 is 12.6. The zero-order valence-corrected chi connectivity index (χ0v) is 13.8. The number of hydrogen-bond acceptors (Lipinski definition) is 4. The maximum Gasteiger partial charge on any atom is 0.287 e. The second-order valence-electron chi connectivity index (χ2n) is 4.78. The van der Waals surface area contributed by atoms with E-state index in [0.29, 0.717) is 18.8 Å². The van der Waals surface area contributed by atoms with Crippen LogP contribution in [0.2, 0.25) is 5.02 Å². The van der Waals surface area contributed by atoms with E-state index in [2.05, 4.69) is 17.3 Å². The normalized spacial score (nSPS) is 14.0. The van der Waals surface area contributed by atoms with E-state index in [4.69, 9.17) is 11.6 Å². The monoisotopic (exact) mass is 319 g/mol. The zero-order valence-electron chi connectivity index (χ0n) is 12.2. The number of aromatic nitrogens is 2. The third-order valence-corrected chi connectivity index (χ3v) is 4.88. The first-order valence-electron chi connectivity index (χ1n) is 6.79. The average molecular weight is 320 g/mol. The van der Waals surface area contributed by atoms with Crippen LogP contribution in [0.5, 0.6) is 0 Å². The van der Waals surface area contributed by atoms with E-state index in [0.717, 1.165) is 19.3 Å². The van der Waals surface area contributed by atoms with Crippen molar-refractivity contribution < 1.29 is 4.21 Å². The molecule has 0 aromatic carbocycles. The second kappa shape index (κ2) is 8.42. The maximum absolute atomic E-state index is 12.0. The number of nitrogens with zero attached hydrogens (tertiary/aromatic N) is 2. The molecule has 2 atom stereocenters. The summed E-state index contributed by atoms with van der Waals surface area (Å²) in [6.45, 7) is 5.18. The molecular formula is C13H22ClN3O2S. The molecule has 0 fully saturated rings. The average Bonchev–Trinajstić information content (AvgIpc) is 2.42. The minimum atomic E-state index is -0.840. The van der Waals surface area contributed by atoms with Crippen molar-refractivity contribution in [3.63, 3.8) is 0 Å². The SMILES string of the molecule is CCCCn1ncc(NCCC(C)S(C)=O)c(Cl)c1=O. The molecule has 20 heavy (non-hydrogen) atoms. The first kappa shape index (κ1) is 17.2. The van der Waals surface area contributed by atoms with Crippen LogP contribution in [0, 0.1) is 0 Å². The second-order valence-corrected chi connectivity index (χ2v) is 6.96. The topological polar surface area (TPSA) is 64.0 Å². The zero-order chi connectivity index (χ0) is 15.1. The Bertz CT molecular complexity index is 519. The number of aryl methyl sites for hydroxylation is 1. The van der Waals surface area contributed by atoms with Crippen LogP contribution in [0.1, 0.15) is 33.1 Å². The summed E-state index contributed by atoms with van der Waals surface area (Å²) >= 11 is 6.06. The molecule has 0 spiro atoms.